The van der Waals surface area contributed by atoms with Gasteiger partial charge in [0, 0.05) is 13.1 Å². The zero-order valence-electron chi connectivity index (χ0n) is 9.73. The highest BCUT2D eigenvalue weighted by atomic mass is 16.5. The molecule has 0 radical (unpaired) electrons. The van der Waals surface area contributed by atoms with Crippen molar-refractivity contribution in [2.24, 2.45) is 0 Å². The summed E-state index contributed by atoms with van der Waals surface area (Å²) in [6, 6.07) is 4.26. The minimum absolute atomic E-state index is 0.143. The van der Waals surface area contributed by atoms with E-state index < -0.39 is 11.9 Å². The Hall–Kier alpha value is -2.11. The lowest BCUT2D eigenvalue weighted by Crippen LogP contribution is -2.34. The zero-order valence-corrected chi connectivity index (χ0v) is 9.73. The molecule has 92 valence electrons. The van der Waals surface area contributed by atoms with Gasteiger partial charge in [-0.15, -0.1) is 0 Å². The fraction of sp³-hybridized carbons (Fsp3) is 0.364. The van der Waals surface area contributed by atoms with Crippen molar-refractivity contribution in [3.63, 3.8) is 0 Å². The van der Waals surface area contributed by atoms with Crippen LogP contribution in [0.2, 0.25) is 0 Å². The van der Waals surface area contributed by atoms with Crippen LogP contribution in [0.15, 0.2) is 23.0 Å². The zero-order chi connectivity index (χ0) is 12.8. The van der Waals surface area contributed by atoms with Gasteiger partial charge in [0.2, 0.25) is 5.56 Å². The van der Waals surface area contributed by atoms with E-state index in [4.69, 9.17) is 4.74 Å². The second-order valence-corrected chi connectivity index (χ2v) is 3.39. The number of hydrogen-bond acceptors (Lipinski definition) is 4. The highest BCUT2D eigenvalue weighted by molar-refractivity contribution is 5.93. The van der Waals surface area contributed by atoms with Crippen LogP contribution >= 0.6 is 0 Å². The molecule has 17 heavy (non-hydrogen) atoms. The molecule has 6 nitrogen and oxygen atoms in total. The average molecular weight is 238 g/mol. The number of carbonyl (C=O) groups excluding carboxylic acids is 2. The topological polar surface area (TPSA) is 79.5 Å². The number of nitrogens with one attached hydrogen (secondary N) is 1. The van der Waals surface area contributed by atoms with E-state index in [-0.39, 0.29) is 24.4 Å². The van der Waals surface area contributed by atoms with Gasteiger partial charge in [0.15, 0.2) is 0 Å². The van der Waals surface area contributed by atoms with E-state index in [0.717, 1.165) is 0 Å². The van der Waals surface area contributed by atoms with Crippen LogP contribution in [0.3, 0.4) is 0 Å². The number of pyridine rings is 1. The molecule has 0 aromatic carbocycles. The monoisotopic (exact) mass is 238 g/mol. The second kappa shape index (κ2) is 5.83. The molecule has 0 aliphatic heterocycles. The summed E-state index contributed by atoms with van der Waals surface area (Å²) in [6.45, 7) is 1.81. The van der Waals surface area contributed by atoms with Gasteiger partial charge < -0.3 is 14.6 Å². The smallest absolute Gasteiger partial charge is 0.325 e. The molecule has 1 amide bonds. The van der Waals surface area contributed by atoms with Crippen molar-refractivity contribution in [2.75, 3.05) is 20.2 Å². The van der Waals surface area contributed by atoms with Crippen LogP contribution in [-0.4, -0.2) is 42.0 Å². The third-order valence-corrected chi connectivity index (χ3v) is 2.02. The Bertz CT molecular complexity index is 467. The Balaban J connectivity index is 2.70. The predicted molar refractivity (Wildman–Crippen MR) is 60.7 cm³/mol. The van der Waals surface area contributed by atoms with Crippen molar-refractivity contribution in [3.8, 4) is 0 Å². The van der Waals surface area contributed by atoms with E-state index >= 15 is 0 Å². The van der Waals surface area contributed by atoms with Crippen molar-refractivity contribution in [3.05, 3.63) is 34.2 Å². The first kappa shape index (κ1) is 13.0. The third kappa shape index (κ3) is 3.75. The van der Waals surface area contributed by atoms with E-state index in [1.165, 1.54) is 30.1 Å². The van der Waals surface area contributed by atoms with Gasteiger partial charge in [0.25, 0.3) is 5.91 Å². The average Bonchev–Trinajstić information content (AvgIpc) is 2.28. The van der Waals surface area contributed by atoms with Gasteiger partial charge in [-0.1, -0.05) is 6.07 Å². The molecule has 1 aromatic heterocycles. The van der Waals surface area contributed by atoms with Gasteiger partial charge in [-0.2, -0.15) is 0 Å². The molecule has 1 heterocycles. The second-order valence-electron chi connectivity index (χ2n) is 3.39. The van der Waals surface area contributed by atoms with Crippen LogP contribution in [0.4, 0.5) is 0 Å². The van der Waals surface area contributed by atoms with Crippen LogP contribution in [0.5, 0.6) is 0 Å². The van der Waals surface area contributed by atoms with Gasteiger partial charge >= 0.3 is 5.97 Å². The van der Waals surface area contributed by atoms with Crippen LogP contribution < -0.4 is 5.56 Å². The number of aromatic amines is 1. The summed E-state index contributed by atoms with van der Waals surface area (Å²) in [5.74, 6) is -0.919. The molecule has 0 saturated heterocycles. The largest absolute Gasteiger partial charge is 0.465 e. The number of hydrogen-bond donors (Lipinski definition) is 1. The fourth-order valence-electron chi connectivity index (χ4n) is 1.25. The molecule has 0 fully saturated rings. The maximum atomic E-state index is 11.8. The Labute approximate surface area is 98.2 Å². The van der Waals surface area contributed by atoms with Crippen LogP contribution in [0.1, 0.15) is 17.4 Å². The van der Waals surface area contributed by atoms with Crippen molar-refractivity contribution in [1.82, 2.24) is 9.88 Å². The number of amides is 1. The van der Waals surface area contributed by atoms with Gasteiger partial charge in [-0.05, 0) is 13.0 Å². The molecular formula is C11H14N2O4. The summed E-state index contributed by atoms with van der Waals surface area (Å²) in [5.41, 5.74) is -0.218. The molecule has 0 bridgehead atoms. The molecule has 6 heteroatoms. The van der Waals surface area contributed by atoms with Crippen molar-refractivity contribution < 1.29 is 14.3 Å². The Kier molecular flexibility index (Phi) is 4.45. The van der Waals surface area contributed by atoms with Gasteiger partial charge in [-0.25, -0.2) is 0 Å². The molecule has 1 N–H and O–H groups in total. The lowest BCUT2D eigenvalue weighted by atomic mass is 10.3. The number of aromatic nitrogens is 1. The first-order valence-electron chi connectivity index (χ1n) is 5.15. The number of likely N-dealkylation sites (N-methyl/N-ethyl adjacent to an activating group) is 1. The minimum Gasteiger partial charge on any atom is -0.465 e. The molecule has 0 atom stereocenters. The van der Waals surface area contributed by atoms with Crippen molar-refractivity contribution in [2.45, 2.75) is 6.92 Å². The molecule has 1 aromatic rings. The van der Waals surface area contributed by atoms with Crippen LogP contribution in [0.25, 0.3) is 0 Å². The molecule has 1 rings (SSSR count). The summed E-state index contributed by atoms with van der Waals surface area (Å²) in [7, 11) is 1.46. The maximum Gasteiger partial charge on any atom is 0.325 e. The van der Waals surface area contributed by atoms with E-state index in [0.29, 0.717) is 0 Å². The highest BCUT2D eigenvalue weighted by Gasteiger charge is 2.15. The van der Waals surface area contributed by atoms with Gasteiger partial charge in [0.05, 0.1) is 6.61 Å². The maximum absolute atomic E-state index is 11.8. The van der Waals surface area contributed by atoms with Crippen LogP contribution in [-0.2, 0) is 9.53 Å². The van der Waals surface area contributed by atoms with E-state index in [1.807, 2.05) is 0 Å². The quantitative estimate of drug-likeness (QED) is 0.749. The van der Waals surface area contributed by atoms with E-state index in [2.05, 4.69) is 4.98 Å². The normalized spacial score (nSPS) is 9.76. The number of esters is 1. The Morgan fingerprint density at radius 3 is 2.71 bits per heavy atom. The third-order valence-electron chi connectivity index (χ3n) is 2.02. The molecular weight excluding hydrogens is 224 g/mol. The lowest BCUT2D eigenvalue weighted by Gasteiger charge is -2.15. The van der Waals surface area contributed by atoms with Crippen LogP contribution in [0, 0.1) is 0 Å². The number of rotatable bonds is 4. The minimum atomic E-state index is -0.485. The molecule has 0 unspecified atom stereocenters. The lowest BCUT2D eigenvalue weighted by molar-refractivity contribution is -0.143. The van der Waals surface area contributed by atoms with E-state index in [1.54, 1.807) is 6.92 Å². The van der Waals surface area contributed by atoms with Gasteiger partial charge in [-0.3, -0.25) is 14.4 Å². The molecule has 0 aliphatic rings. The summed E-state index contributed by atoms with van der Waals surface area (Å²) in [6.07, 6.45) is 0. The fourth-order valence-corrected chi connectivity index (χ4v) is 1.25. The number of H-pyrrole nitrogens is 1. The Morgan fingerprint density at radius 1 is 1.41 bits per heavy atom. The summed E-state index contributed by atoms with van der Waals surface area (Å²) >= 11 is 0. The SMILES string of the molecule is CCOC(=O)CN(C)C(=O)c1cccc(=O)[nH]1. The Morgan fingerprint density at radius 2 is 2.12 bits per heavy atom. The summed E-state index contributed by atoms with van der Waals surface area (Å²) in [4.78, 5) is 37.6. The molecule has 0 saturated carbocycles. The number of ether oxygens (including phenoxy) is 1. The van der Waals surface area contributed by atoms with Gasteiger partial charge in [0.1, 0.15) is 12.2 Å². The highest BCUT2D eigenvalue weighted by Crippen LogP contribution is 1.97. The first-order chi connectivity index (χ1) is 8.04. The van der Waals surface area contributed by atoms with Crippen molar-refractivity contribution in [1.29, 1.82) is 0 Å². The van der Waals surface area contributed by atoms with E-state index in [9.17, 15) is 14.4 Å². The molecule has 0 aliphatic carbocycles. The standard InChI is InChI=1S/C11H14N2O4/c1-3-17-10(15)7-13(2)11(16)8-5-4-6-9(14)12-8/h4-6H,3,7H2,1-2H3,(H,12,14). The summed E-state index contributed by atoms with van der Waals surface area (Å²) in [5, 5.41) is 0. The van der Waals surface area contributed by atoms with Crippen molar-refractivity contribution >= 4 is 11.9 Å². The first-order valence-corrected chi connectivity index (χ1v) is 5.15. The summed E-state index contributed by atoms with van der Waals surface area (Å²) < 4.78 is 4.72. The number of nitrogens with zero attached hydrogens (tertiary/aromatic N) is 1. The number of carbonyl (C=O) groups is 2. The predicted octanol–water partition coefficient (Wildman–Crippen LogP) is 0.01000. The molecule has 0 spiro atoms.